The summed E-state index contributed by atoms with van der Waals surface area (Å²) < 4.78 is 5.62. The van der Waals surface area contributed by atoms with Gasteiger partial charge in [0.2, 0.25) is 0 Å². The van der Waals surface area contributed by atoms with Crippen LogP contribution in [0.3, 0.4) is 0 Å². The number of benzene rings is 2. The highest BCUT2D eigenvalue weighted by molar-refractivity contribution is 5.98. The summed E-state index contributed by atoms with van der Waals surface area (Å²) in [5.41, 5.74) is 3.41. The molecule has 0 aliphatic rings. The zero-order chi connectivity index (χ0) is 21.1. The summed E-state index contributed by atoms with van der Waals surface area (Å²) in [5, 5.41) is 12.6. The van der Waals surface area contributed by atoms with Gasteiger partial charge in [0.25, 0.3) is 0 Å². The van der Waals surface area contributed by atoms with Crippen LogP contribution < -0.4 is 15.4 Å². The summed E-state index contributed by atoms with van der Waals surface area (Å²) in [6.07, 6.45) is 2.20. The fraction of sp³-hybridized carbons (Fsp3) is 0.217. The third-order valence-corrected chi connectivity index (χ3v) is 4.11. The predicted octanol–water partition coefficient (Wildman–Crippen LogP) is 4.00. The number of aldehydes is 1. The number of ether oxygens (including phenoxy) is 1. The van der Waals surface area contributed by atoms with Gasteiger partial charge >= 0.3 is 0 Å². The number of hydrogen-bond acceptors (Lipinski definition) is 6. The molecule has 152 valence electrons. The van der Waals surface area contributed by atoms with Crippen LogP contribution in [0.25, 0.3) is 0 Å². The quantitative estimate of drug-likeness (QED) is 0.262. The van der Waals surface area contributed by atoms with Crippen LogP contribution >= 0.6 is 0 Å². The molecule has 0 radical (unpaired) electrons. The van der Waals surface area contributed by atoms with Crippen LogP contribution in [0.4, 0.5) is 5.69 Å². The monoisotopic (exact) mass is 392 g/mol. The first-order valence-corrected chi connectivity index (χ1v) is 9.45. The smallest absolute Gasteiger partial charge is 0.144 e. The number of para-hydroxylation sites is 2. The fourth-order valence-electron chi connectivity index (χ4n) is 2.60. The maximum absolute atomic E-state index is 11.1. The van der Waals surface area contributed by atoms with E-state index in [1.807, 2.05) is 68.4 Å². The molecular weight excluding hydrogens is 364 g/mol. The molecule has 0 aliphatic carbocycles. The van der Waals surface area contributed by atoms with Gasteiger partial charge in [-0.1, -0.05) is 49.0 Å². The Morgan fingerprint density at radius 2 is 1.86 bits per heavy atom. The third-order valence-electron chi connectivity index (χ3n) is 4.11. The van der Waals surface area contributed by atoms with E-state index in [0.717, 1.165) is 29.0 Å². The van der Waals surface area contributed by atoms with E-state index in [2.05, 4.69) is 22.3 Å². The van der Waals surface area contributed by atoms with Crippen molar-refractivity contribution >= 4 is 17.7 Å². The van der Waals surface area contributed by atoms with Gasteiger partial charge < -0.3 is 15.4 Å². The second-order valence-electron chi connectivity index (χ2n) is 6.26. The summed E-state index contributed by atoms with van der Waals surface area (Å²) in [6, 6.07) is 17.6. The van der Waals surface area contributed by atoms with E-state index in [4.69, 9.17) is 4.74 Å². The zero-order valence-corrected chi connectivity index (χ0v) is 17.2. The van der Waals surface area contributed by atoms with Crippen molar-refractivity contribution in [2.75, 3.05) is 25.5 Å². The second-order valence-corrected chi connectivity index (χ2v) is 6.26. The summed E-state index contributed by atoms with van der Waals surface area (Å²) >= 11 is 0. The maximum atomic E-state index is 11.1. The number of hydrazone groups is 1. The molecule has 2 rings (SSSR count). The SMILES string of the molecule is C=C(N/C(=C\C=O)CNc1ccccc1OCC)N(C)/N=C(\C)c1ccccc1. The molecule has 0 aromatic heterocycles. The van der Waals surface area contributed by atoms with Crippen molar-refractivity contribution in [1.82, 2.24) is 10.3 Å². The van der Waals surface area contributed by atoms with Gasteiger partial charge in [0.15, 0.2) is 0 Å². The van der Waals surface area contributed by atoms with Crippen LogP contribution in [0.5, 0.6) is 5.75 Å². The van der Waals surface area contributed by atoms with Crippen LogP contribution in [-0.4, -0.2) is 37.2 Å². The summed E-state index contributed by atoms with van der Waals surface area (Å²) in [6.45, 7) is 8.88. The number of nitrogens with zero attached hydrogens (tertiary/aromatic N) is 2. The number of hydrogen-bond donors (Lipinski definition) is 2. The van der Waals surface area contributed by atoms with Gasteiger partial charge in [-0.3, -0.25) is 9.80 Å². The van der Waals surface area contributed by atoms with Crippen molar-refractivity contribution < 1.29 is 9.53 Å². The fourth-order valence-corrected chi connectivity index (χ4v) is 2.60. The first-order chi connectivity index (χ1) is 14.0. The van der Waals surface area contributed by atoms with Crippen molar-refractivity contribution in [3.8, 4) is 5.75 Å². The van der Waals surface area contributed by atoms with Crippen LogP contribution in [0.15, 0.2) is 83.9 Å². The predicted molar refractivity (Wildman–Crippen MR) is 119 cm³/mol. The molecule has 0 atom stereocenters. The molecule has 2 aromatic rings. The van der Waals surface area contributed by atoms with Crippen LogP contribution in [0.1, 0.15) is 19.4 Å². The molecule has 0 bridgehead atoms. The molecule has 2 aromatic carbocycles. The topological polar surface area (TPSA) is 66.0 Å². The first-order valence-electron chi connectivity index (χ1n) is 9.45. The van der Waals surface area contributed by atoms with Crippen molar-refractivity contribution in [3.63, 3.8) is 0 Å². The van der Waals surface area contributed by atoms with Gasteiger partial charge in [-0.2, -0.15) is 5.10 Å². The average molecular weight is 393 g/mol. The van der Waals surface area contributed by atoms with Crippen molar-refractivity contribution in [2.24, 2.45) is 5.10 Å². The van der Waals surface area contributed by atoms with Crippen LogP contribution in [-0.2, 0) is 4.79 Å². The lowest BCUT2D eigenvalue weighted by Gasteiger charge is -2.21. The molecule has 6 heteroatoms. The molecule has 0 aliphatic heterocycles. The Bertz CT molecular complexity index is 875. The van der Waals surface area contributed by atoms with E-state index < -0.39 is 0 Å². The molecular formula is C23H28N4O2. The average Bonchev–Trinajstić information content (AvgIpc) is 2.73. The van der Waals surface area contributed by atoms with E-state index in [-0.39, 0.29) is 0 Å². The van der Waals surface area contributed by atoms with Crippen molar-refractivity contribution in [3.05, 3.63) is 84.3 Å². The number of nitrogens with one attached hydrogen (secondary N) is 2. The minimum Gasteiger partial charge on any atom is -0.492 e. The first kappa shape index (κ1) is 21.8. The van der Waals surface area contributed by atoms with E-state index in [9.17, 15) is 4.79 Å². The van der Waals surface area contributed by atoms with Gasteiger partial charge in [-0.15, -0.1) is 0 Å². The van der Waals surface area contributed by atoms with Gasteiger partial charge in [-0.05, 0) is 37.6 Å². The van der Waals surface area contributed by atoms with Crippen molar-refractivity contribution in [2.45, 2.75) is 13.8 Å². The summed E-state index contributed by atoms with van der Waals surface area (Å²) in [5.74, 6) is 1.31. The molecule has 29 heavy (non-hydrogen) atoms. The summed E-state index contributed by atoms with van der Waals surface area (Å²) in [7, 11) is 1.80. The molecule has 0 heterocycles. The minimum absolute atomic E-state index is 0.400. The highest BCUT2D eigenvalue weighted by Crippen LogP contribution is 2.23. The van der Waals surface area contributed by atoms with Crippen molar-refractivity contribution in [1.29, 1.82) is 0 Å². The molecule has 0 saturated carbocycles. The molecule has 6 nitrogen and oxygen atoms in total. The largest absolute Gasteiger partial charge is 0.492 e. The molecule has 0 saturated heterocycles. The Labute approximate surface area is 172 Å². The van der Waals surface area contributed by atoms with Crippen LogP contribution in [0, 0.1) is 0 Å². The number of rotatable bonds is 11. The molecule has 0 spiro atoms. The van der Waals surface area contributed by atoms with Gasteiger partial charge in [0.05, 0.1) is 24.6 Å². The Kier molecular flexibility index (Phi) is 8.51. The number of carbonyl (C=O) groups excluding carboxylic acids is 1. The third kappa shape index (κ3) is 6.84. The zero-order valence-electron chi connectivity index (χ0n) is 17.2. The van der Waals surface area contributed by atoms with Crippen LogP contribution in [0.2, 0.25) is 0 Å². The Morgan fingerprint density at radius 1 is 1.17 bits per heavy atom. The lowest BCUT2D eigenvalue weighted by atomic mass is 10.1. The Balaban J connectivity index is 2.02. The number of anilines is 1. The maximum Gasteiger partial charge on any atom is 0.144 e. The molecule has 0 amide bonds. The highest BCUT2D eigenvalue weighted by Gasteiger charge is 2.07. The summed E-state index contributed by atoms with van der Waals surface area (Å²) in [4.78, 5) is 11.1. The van der Waals surface area contributed by atoms with E-state index in [1.165, 1.54) is 6.08 Å². The Morgan fingerprint density at radius 3 is 2.55 bits per heavy atom. The van der Waals surface area contributed by atoms with Gasteiger partial charge in [-0.25, -0.2) is 0 Å². The lowest BCUT2D eigenvalue weighted by molar-refractivity contribution is -0.104. The molecule has 0 fully saturated rings. The Hall–Kier alpha value is -3.54. The van der Waals surface area contributed by atoms with E-state index in [1.54, 1.807) is 12.1 Å². The number of allylic oxidation sites excluding steroid dienone is 1. The van der Waals surface area contributed by atoms with Gasteiger partial charge in [0.1, 0.15) is 17.9 Å². The minimum atomic E-state index is 0.400. The lowest BCUT2D eigenvalue weighted by Crippen LogP contribution is -2.27. The molecule has 0 unspecified atom stereocenters. The van der Waals surface area contributed by atoms with E-state index >= 15 is 0 Å². The van der Waals surface area contributed by atoms with Gasteiger partial charge in [0, 0.05) is 12.7 Å². The highest BCUT2D eigenvalue weighted by atomic mass is 16.5. The normalized spacial score (nSPS) is 11.6. The molecule has 2 N–H and O–H groups in total. The standard InChI is InChI=1S/C23H28N4O2/c1-5-29-23-14-10-9-13-22(23)24-17-21(15-16-28)25-19(3)27(4)26-18(2)20-11-7-6-8-12-20/h6-16,24-25H,3,5,17H2,1-2,4H3/b21-15-,26-18+. The van der Waals surface area contributed by atoms with E-state index in [0.29, 0.717) is 24.7 Å². The number of carbonyl (C=O) groups is 1. The second kappa shape index (κ2) is 11.3.